The van der Waals surface area contributed by atoms with Crippen LogP contribution in [0.3, 0.4) is 0 Å². The van der Waals surface area contributed by atoms with E-state index in [1.165, 1.54) is 30.3 Å². The number of rotatable bonds is 6. The molecular weight excluding hydrogens is 449 g/mol. The van der Waals surface area contributed by atoms with Crippen molar-refractivity contribution < 1.29 is 19.0 Å². The summed E-state index contributed by atoms with van der Waals surface area (Å²) >= 11 is 5.98. The van der Waals surface area contributed by atoms with Crippen molar-refractivity contribution in [3.8, 4) is 16.9 Å². The average Bonchev–Trinajstić information content (AvgIpc) is 2.83. The lowest BCUT2D eigenvalue weighted by Crippen LogP contribution is -2.46. The van der Waals surface area contributed by atoms with Crippen LogP contribution >= 0.6 is 11.6 Å². The van der Waals surface area contributed by atoms with Gasteiger partial charge in [0.05, 0.1) is 24.0 Å². The number of nitrogens with zero attached hydrogens (tertiary/aromatic N) is 2. The second kappa shape index (κ2) is 10.2. The first-order valence-corrected chi connectivity index (χ1v) is 11.0. The third kappa shape index (κ3) is 5.30. The van der Waals surface area contributed by atoms with Gasteiger partial charge in [-0.25, -0.2) is 4.39 Å². The van der Waals surface area contributed by atoms with Gasteiger partial charge in [-0.3, -0.25) is 9.59 Å². The van der Waals surface area contributed by atoms with Crippen molar-refractivity contribution in [2.45, 2.75) is 18.9 Å². The number of nitrogens with one attached hydrogen (secondary N) is 1. The van der Waals surface area contributed by atoms with Crippen molar-refractivity contribution in [1.82, 2.24) is 15.1 Å². The molecule has 0 saturated carbocycles. The lowest BCUT2D eigenvalue weighted by molar-refractivity contribution is 0.0419. The smallest absolute Gasteiger partial charge is 0.284 e. The first kappa shape index (κ1) is 23.1. The number of carbonyl (C=O) groups is 1. The van der Waals surface area contributed by atoms with E-state index in [1.54, 1.807) is 24.3 Å². The van der Waals surface area contributed by atoms with Crippen LogP contribution in [0, 0.1) is 11.7 Å². The van der Waals surface area contributed by atoms with Crippen molar-refractivity contribution in [3.63, 3.8) is 0 Å². The largest absolute Gasteiger partial charge is 0.394 e. The molecule has 1 aliphatic rings. The Morgan fingerprint density at radius 2 is 1.94 bits per heavy atom. The van der Waals surface area contributed by atoms with Crippen LogP contribution in [0.2, 0.25) is 5.02 Å². The molecule has 4 rings (SSSR count). The van der Waals surface area contributed by atoms with E-state index < -0.39 is 23.3 Å². The number of ether oxygens (including phenoxy) is 1. The van der Waals surface area contributed by atoms with Gasteiger partial charge in [-0.15, -0.1) is 0 Å². The number of hydrogen-bond donors (Lipinski definition) is 2. The fourth-order valence-corrected chi connectivity index (χ4v) is 4.00. The lowest BCUT2D eigenvalue weighted by Gasteiger charge is -2.29. The molecule has 1 aliphatic heterocycles. The number of aliphatic hydroxyl groups excluding tert-OH is 1. The Hall–Kier alpha value is -3.07. The molecule has 1 saturated heterocycles. The highest BCUT2D eigenvalue weighted by Crippen LogP contribution is 2.22. The first-order chi connectivity index (χ1) is 16.0. The molecule has 2 N–H and O–H groups in total. The second-order valence-corrected chi connectivity index (χ2v) is 8.30. The summed E-state index contributed by atoms with van der Waals surface area (Å²) in [4.78, 5) is 26.4. The molecule has 0 spiro atoms. The third-order valence-corrected chi connectivity index (χ3v) is 5.95. The monoisotopic (exact) mass is 471 g/mol. The molecule has 1 aromatic heterocycles. The molecule has 9 heteroatoms. The minimum absolute atomic E-state index is 0.0377. The predicted molar refractivity (Wildman–Crippen MR) is 122 cm³/mol. The number of aliphatic hydroxyl groups is 1. The molecule has 172 valence electrons. The van der Waals surface area contributed by atoms with Gasteiger partial charge >= 0.3 is 0 Å². The quantitative estimate of drug-likeness (QED) is 0.576. The summed E-state index contributed by atoms with van der Waals surface area (Å²) in [5.41, 5.74) is 0.297. The van der Waals surface area contributed by atoms with E-state index in [4.69, 9.17) is 16.3 Å². The zero-order valence-corrected chi connectivity index (χ0v) is 18.5. The highest BCUT2D eigenvalue weighted by atomic mass is 35.5. The van der Waals surface area contributed by atoms with E-state index >= 15 is 0 Å². The number of hydrogen-bond acceptors (Lipinski definition) is 5. The molecule has 3 aromatic rings. The maximum atomic E-state index is 13.9. The van der Waals surface area contributed by atoms with Crippen LogP contribution < -0.4 is 10.9 Å². The number of halogens is 2. The minimum Gasteiger partial charge on any atom is -0.394 e. The number of aromatic nitrogens is 2. The summed E-state index contributed by atoms with van der Waals surface area (Å²) in [6.07, 6.45) is 1.40. The summed E-state index contributed by atoms with van der Waals surface area (Å²) in [6.45, 7) is 0.850. The SMILES string of the molecule is O=C(N[C@@H](CO)C1CCOCC1)c1cc(-c2ccc(Cl)cc2)nn(-c2cccc(F)c2)c1=O. The summed E-state index contributed by atoms with van der Waals surface area (Å²) in [5, 5.41) is 17.5. The zero-order chi connectivity index (χ0) is 23.4. The molecule has 2 aromatic carbocycles. The summed E-state index contributed by atoms with van der Waals surface area (Å²) in [5.74, 6) is -1.13. The molecule has 1 amide bonds. The number of benzene rings is 2. The van der Waals surface area contributed by atoms with Gasteiger partial charge in [-0.1, -0.05) is 29.8 Å². The van der Waals surface area contributed by atoms with E-state index in [0.29, 0.717) is 42.3 Å². The standard InChI is InChI=1S/C24H23ClFN3O4/c25-17-6-4-15(5-7-17)21-13-20(23(31)27-22(14-30)16-8-10-33-11-9-16)24(32)29(28-21)19-3-1-2-18(26)12-19/h1-7,12-13,16,22,30H,8-11,14H2,(H,27,31)/t22-/m0/s1. The summed E-state index contributed by atoms with van der Waals surface area (Å²) in [7, 11) is 0. The van der Waals surface area contributed by atoms with Crippen LogP contribution in [-0.4, -0.2) is 46.7 Å². The van der Waals surface area contributed by atoms with Crippen molar-refractivity contribution in [1.29, 1.82) is 0 Å². The molecule has 0 aliphatic carbocycles. The van der Waals surface area contributed by atoms with E-state index in [2.05, 4.69) is 10.4 Å². The van der Waals surface area contributed by atoms with Gasteiger partial charge in [-0.05, 0) is 55.2 Å². The predicted octanol–water partition coefficient (Wildman–Crippen LogP) is 3.21. The van der Waals surface area contributed by atoms with Crippen LogP contribution in [-0.2, 0) is 4.74 Å². The molecule has 0 bridgehead atoms. The Balaban J connectivity index is 1.76. The Morgan fingerprint density at radius 1 is 1.21 bits per heavy atom. The molecule has 0 radical (unpaired) electrons. The van der Waals surface area contributed by atoms with Crippen LogP contribution in [0.25, 0.3) is 16.9 Å². The number of carbonyl (C=O) groups excluding carboxylic acids is 1. The Kier molecular flexibility index (Phi) is 7.17. The highest BCUT2D eigenvalue weighted by Gasteiger charge is 2.27. The topological polar surface area (TPSA) is 93.4 Å². The fourth-order valence-electron chi connectivity index (χ4n) is 3.88. The highest BCUT2D eigenvalue weighted by molar-refractivity contribution is 6.30. The van der Waals surface area contributed by atoms with Gasteiger partial charge in [0, 0.05) is 23.8 Å². The van der Waals surface area contributed by atoms with Crippen molar-refractivity contribution in [2.75, 3.05) is 19.8 Å². The van der Waals surface area contributed by atoms with Gasteiger partial charge in [0.2, 0.25) is 0 Å². The summed E-state index contributed by atoms with van der Waals surface area (Å²) in [6, 6.07) is 13.1. The fraction of sp³-hybridized carbons (Fsp3) is 0.292. The van der Waals surface area contributed by atoms with Crippen molar-refractivity contribution >= 4 is 17.5 Å². The lowest BCUT2D eigenvalue weighted by atomic mass is 9.92. The van der Waals surface area contributed by atoms with Crippen molar-refractivity contribution in [2.24, 2.45) is 5.92 Å². The van der Waals surface area contributed by atoms with E-state index in [9.17, 15) is 19.1 Å². The van der Waals surface area contributed by atoms with Crippen LogP contribution in [0.4, 0.5) is 4.39 Å². The van der Waals surface area contributed by atoms with Gasteiger partial charge in [0.25, 0.3) is 11.5 Å². The molecule has 0 unspecified atom stereocenters. The summed E-state index contributed by atoms with van der Waals surface area (Å²) < 4.78 is 20.2. The van der Waals surface area contributed by atoms with Crippen LogP contribution in [0.5, 0.6) is 0 Å². The van der Waals surface area contributed by atoms with Crippen molar-refractivity contribution in [3.05, 3.63) is 81.4 Å². The van der Waals surface area contributed by atoms with E-state index in [-0.39, 0.29) is 23.8 Å². The molecule has 33 heavy (non-hydrogen) atoms. The van der Waals surface area contributed by atoms with Gasteiger partial charge in [0.1, 0.15) is 11.4 Å². The first-order valence-electron chi connectivity index (χ1n) is 10.6. The maximum absolute atomic E-state index is 13.9. The van der Waals surface area contributed by atoms with Crippen LogP contribution in [0.1, 0.15) is 23.2 Å². The zero-order valence-electron chi connectivity index (χ0n) is 17.7. The molecule has 7 nitrogen and oxygen atoms in total. The van der Waals surface area contributed by atoms with Gasteiger partial charge in [-0.2, -0.15) is 9.78 Å². The van der Waals surface area contributed by atoms with E-state index in [0.717, 1.165) is 4.68 Å². The normalized spacial score (nSPS) is 15.2. The maximum Gasteiger partial charge on any atom is 0.284 e. The van der Waals surface area contributed by atoms with Gasteiger partial charge < -0.3 is 15.2 Å². The van der Waals surface area contributed by atoms with Gasteiger partial charge in [0.15, 0.2) is 0 Å². The molecular formula is C24H23ClFN3O4. The Morgan fingerprint density at radius 3 is 2.61 bits per heavy atom. The molecule has 1 atom stereocenters. The molecule has 1 fully saturated rings. The molecule has 2 heterocycles. The average molecular weight is 472 g/mol. The second-order valence-electron chi connectivity index (χ2n) is 7.86. The number of amides is 1. The third-order valence-electron chi connectivity index (χ3n) is 5.70. The Bertz CT molecular complexity index is 1190. The van der Waals surface area contributed by atoms with Crippen LogP contribution in [0.15, 0.2) is 59.4 Å². The minimum atomic E-state index is -0.695. The Labute approximate surface area is 194 Å². The van der Waals surface area contributed by atoms with E-state index in [1.807, 2.05) is 0 Å².